The standard InChI is InChI=1S/C11H11F3N2/c12-11(13,14)9-5-8(6-15-7-9)10-3-1-2-4-16-10/h1-2,5-7,10,16H,3-4H2. The Labute approximate surface area is 91.2 Å². The Bertz CT molecular complexity index is 398. The summed E-state index contributed by atoms with van der Waals surface area (Å²) in [5.41, 5.74) is -0.111. The van der Waals surface area contributed by atoms with E-state index in [0.29, 0.717) is 18.5 Å². The molecule has 2 heterocycles. The predicted octanol–water partition coefficient (Wildman–Crippen LogP) is 2.69. The molecule has 1 N–H and O–H groups in total. The first kappa shape index (κ1) is 11.1. The Kier molecular flexibility index (Phi) is 2.96. The van der Waals surface area contributed by atoms with Crippen LogP contribution in [0.1, 0.15) is 23.6 Å². The minimum Gasteiger partial charge on any atom is -0.306 e. The van der Waals surface area contributed by atoms with Gasteiger partial charge in [0.2, 0.25) is 0 Å². The van der Waals surface area contributed by atoms with E-state index < -0.39 is 11.7 Å². The Hall–Kier alpha value is -1.36. The summed E-state index contributed by atoms with van der Waals surface area (Å²) in [4.78, 5) is 3.64. The smallest absolute Gasteiger partial charge is 0.306 e. The summed E-state index contributed by atoms with van der Waals surface area (Å²) in [5, 5.41) is 3.12. The summed E-state index contributed by atoms with van der Waals surface area (Å²) in [6, 6.07) is 1.09. The Morgan fingerprint density at radius 1 is 1.25 bits per heavy atom. The van der Waals surface area contributed by atoms with Crippen molar-refractivity contribution in [2.45, 2.75) is 18.6 Å². The second-order valence-electron chi connectivity index (χ2n) is 3.67. The molecule has 1 aromatic rings. The second kappa shape index (κ2) is 4.25. The molecule has 0 bridgehead atoms. The molecule has 16 heavy (non-hydrogen) atoms. The van der Waals surface area contributed by atoms with Crippen molar-refractivity contribution in [2.75, 3.05) is 6.54 Å². The molecule has 0 saturated carbocycles. The summed E-state index contributed by atoms with van der Waals surface area (Å²) in [5.74, 6) is 0. The van der Waals surface area contributed by atoms with Gasteiger partial charge in [-0.25, -0.2) is 0 Å². The maximum atomic E-state index is 12.5. The number of rotatable bonds is 1. The number of aromatic nitrogens is 1. The maximum Gasteiger partial charge on any atom is 0.417 e. The summed E-state index contributed by atoms with van der Waals surface area (Å²) in [6.07, 6.45) is 2.61. The first-order valence-electron chi connectivity index (χ1n) is 4.98. The summed E-state index contributed by atoms with van der Waals surface area (Å²) >= 11 is 0. The average molecular weight is 228 g/mol. The van der Waals surface area contributed by atoms with E-state index in [0.717, 1.165) is 12.3 Å². The summed E-state index contributed by atoms with van der Waals surface area (Å²) < 4.78 is 37.4. The van der Waals surface area contributed by atoms with Gasteiger partial charge in [-0.3, -0.25) is 4.98 Å². The van der Waals surface area contributed by atoms with Gasteiger partial charge in [0, 0.05) is 25.0 Å². The van der Waals surface area contributed by atoms with Crippen LogP contribution in [0.4, 0.5) is 13.2 Å². The molecule has 1 aromatic heterocycles. The van der Waals surface area contributed by atoms with Gasteiger partial charge in [-0.15, -0.1) is 0 Å². The predicted molar refractivity (Wildman–Crippen MR) is 53.7 cm³/mol. The van der Waals surface area contributed by atoms with Crippen molar-refractivity contribution in [2.24, 2.45) is 0 Å². The van der Waals surface area contributed by atoms with Gasteiger partial charge in [0.1, 0.15) is 0 Å². The van der Waals surface area contributed by atoms with Crippen molar-refractivity contribution in [1.29, 1.82) is 0 Å². The first-order valence-corrected chi connectivity index (χ1v) is 4.98. The SMILES string of the molecule is FC(F)(F)c1cncc(C2CC=CCN2)c1. The molecule has 0 saturated heterocycles. The van der Waals surface area contributed by atoms with Gasteiger partial charge in [0.15, 0.2) is 0 Å². The monoisotopic (exact) mass is 228 g/mol. The van der Waals surface area contributed by atoms with E-state index in [1.165, 1.54) is 6.20 Å². The largest absolute Gasteiger partial charge is 0.417 e. The van der Waals surface area contributed by atoms with E-state index in [4.69, 9.17) is 0 Å². The highest BCUT2D eigenvalue weighted by molar-refractivity contribution is 5.24. The zero-order chi connectivity index (χ0) is 11.6. The lowest BCUT2D eigenvalue weighted by Crippen LogP contribution is -2.24. The molecule has 5 heteroatoms. The number of halogens is 3. The molecule has 1 unspecified atom stereocenters. The fourth-order valence-corrected chi connectivity index (χ4v) is 1.67. The Morgan fingerprint density at radius 3 is 2.69 bits per heavy atom. The molecule has 0 aliphatic carbocycles. The molecular formula is C11H11F3N2. The topological polar surface area (TPSA) is 24.9 Å². The maximum absolute atomic E-state index is 12.5. The molecule has 0 amide bonds. The highest BCUT2D eigenvalue weighted by Crippen LogP contribution is 2.30. The molecule has 0 aromatic carbocycles. The molecule has 2 nitrogen and oxygen atoms in total. The lowest BCUT2D eigenvalue weighted by Gasteiger charge is -2.20. The lowest BCUT2D eigenvalue weighted by molar-refractivity contribution is -0.137. The first-order chi connectivity index (χ1) is 7.57. The third kappa shape index (κ3) is 2.41. The van der Waals surface area contributed by atoms with Gasteiger partial charge < -0.3 is 5.32 Å². The van der Waals surface area contributed by atoms with Gasteiger partial charge in [0.25, 0.3) is 0 Å². The third-order valence-electron chi connectivity index (χ3n) is 2.51. The molecule has 0 radical (unpaired) electrons. The molecule has 86 valence electrons. The van der Waals surface area contributed by atoms with Crippen molar-refractivity contribution in [3.63, 3.8) is 0 Å². The molecule has 1 atom stereocenters. The average Bonchev–Trinajstić information content (AvgIpc) is 2.29. The van der Waals surface area contributed by atoms with Crippen LogP contribution in [0.2, 0.25) is 0 Å². The minimum atomic E-state index is -4.33. The fourth-order valence-electron chi connectivity index (χ4n) is 1.67. The Balaban J connectivity index is 2.25. The summed E-state index contributed by atoms with van der Waals surface area (Å²) in [7, 11) is 0. The van der Waals surface area contributed by atoms with Gasteiger partial charge >= 0.3 is 6.18 Å². The van der Waals surface area contributed by atoms with Gasteiger partial charge in [0.05, 0.1) is 5.56 Å². The molecular weight excluding hydrogens is 217 g/mol. The molecule has 1 aliphatic heterocycles. The van der Waals surface area contributed by atoms with Crippen LogP contribution in [0.5, 0.6) is 0 Å². The summed E-state index contributed by atoms with van der Waals surface area (Å²) in [6.45, 7) is 0.681. The number of nitrogens with one attached hydrogen (secondary N) is 1. The van der Waals surface area contributed by atoms with Crippen LogP contribution in [0.3, 0.4) is 0 Å². The van der Waals surface area contributed by atoms with Crippen LogP contribution in [-0.4, -0.2) is 11.5 Å². The van der Waals surface area contributed by atoms with Crippen LogP contribution < -0.4 is 5.32 Å². The van der Waals surface area contributed by atoms with E-state index in [1.54, 1.807) is 0 Å². The molecule has 2 rings (SSSR count). The van der Waals surface area contributed by atoms with Crippen molar-refractivity contribution >= 4 is 0 Å². The number of pyridine rings is 1. The van der Waals surface area contributed by atoms with E-state index in [9.17, 15) is 13.2 Å². The molecule has 0 fully saturated rings. The number of hydrogen-bond donors (Lipinski definition) is 1. The van der Waals surface area contributed by atoms with Crippen LogP contribution in [-0.2, 0) is 6.18 Å². The van der Waals surface area contributed by atoms with E-state index in [-0.39, 0.29) is 6.04 Å². The van der Waals surface area contributed by atoms with Crippen LogP contribution >= 0.6 is 0 Å². The highest BCUT2D eigenvalue weighted by Gasteiger charge is 2.31. The van der Waals surface area contributed by atoms with Crippen LogP contribution in [0, 0.1) is 0 Å². The van der Waals surface area contributed by atoms with E-state index in [1.807, 2.05) is 12.2 Å². The van der Waals surface area contributed by atoms with Gasteiger partial charge in [-0.1, -0.05) is 12.2 Å². The van der Waals surface area contributed by atoms with Crippen molar-refractivity contribution in [3.8, 4) is 0 Å². The fraction of sp³-hybridized carbons (Fsp3) is 0.364. The molecule has 1 aliphatic rings. The van der Waals surface area contributed by atoms with Crippen LogP contribution in [0.25, 0.3) is 0 Å². The van der Waals surface area contributed by atoms with Gasteiger partial charge in [-0.05, 0) is 18.1 Å². The number of hydrogen-bond acceptors (Lipinski definition) is 2. The third-order valence-corrected chi connectivity index (χ3v) is 2.51. The van der Waals surface area contributed by atoms with Crippen molar-refractivity contribution in [1.82, 2.24) is 10.3 Å². The van der Waals surface area contributed by atoms with Crippen molar-refractivity contribution in [3.05, 3.63) is 41.7 Å². The minimum absolute atomic E-state index is 0.0696. The second-order valence-corrected chi connectivity index (χ2v) is 3.67. The van der Waals surface area contributed by atoms with E-state index >= 15 is 0 Å². The molecule has 0 spiro atoms. The normalized spacial score (nSPS) is 21.1. The quantitative estimate of drug-likeness (QED) is 0.747. The zero-order valence-electron chi connectivity index (χ0n) is 8.46. The van der Waals surface area contributed by atoms with Crippen molar-refractivity contribution < 1.29 is 13.2 Å². The van der Waals surface area contributed by atoms with Crippen LogP contribution in [0.15, 0.2) is 30.6 Å². The number of nitrogens with zero attached hydrogens (tertiary/aromatic N) is 1. The number of alkyl halides is 3. The van der Waals surface area contributed by atoms with Gasteiger partial charge in [-0.2, -0.15) is 13.2 Å². The van der Waals surface area contributed by atoms with E-state index in [2.05, 4.69) is 10.3 Å². The lowest BCUT2D eigenvalue weighted by atomic mass is 10.0. The zero-order valence-corrected chi connectivity index (χ0v) is 8.46. The highest BCUT2D eigenvalue weighted by atomic mass is 19.4. The Morgan fingerprint density at radius 2 is 2.06 bits per heavy atom.